The molecular weight excluding hydrogens is 294 g/mol. The molecule has 0 saturated heterocycles. The molecule has 0 spiro atoms. The molecule has 2 aromatic carbocycles. The fourth-order valence-corrected chi connectivity index (χ4v) is 3.74. The van der Waals surface area contributed by atoms with E-state index in [1.807, 2.05) is 30.0 Å². The molecule has 1 aliphatic heterocycles. The Morgan fingerprint density at radius 1 is 1.23 bits per heavy atom. The van der Waals surface area contributed by atoms with E-state index in [1.165, 1.54) is 22.6 Å². The van der Waals surface area contributed by atoms with Crippen molar-refractivity contribution in [2.45, 2.75) is 17.7 Å². The predicted octanol–water partition coefficient (Wildman–Crippen LogP) is 3.85. The molecule has 1 aromatic heterocycles. The fourth-order valence-electron chi connectivity index (χ4n) is 2.72. The Labute approximate surface area is 132 Å². The average molecular weight is 309 g/mol. The molecule has 2 N–H and O–H groups in total. The van der Waals surface area contributed by atoms with Crippen molar-refractivity contribution in [3.63, 3.8) is 0 Å². The summed E-state index contributed by atoms with van der Waals surface area (Å²) in [7, 11) is 0. The lowest BCUT2D eigenvalue weighted by atomic mass is 10.1. The maximum absolute atomic E-state index is 12.4. The minimum absolute atomic E-state index is 0.0973. The third-order valence-electron chi connectivity index (χ3n) is 3.85. The second kappa shape index (κ2) is 5.50. The summed E-state index contributed by atoms with van der Waals surface area (Å²) in [5.74, 6) is 1.09. The molecule has 0 saturated carbocycles. The lowest BCUT2D eigenvalue weighted by molar-refractivity contribution is 0.102. The zero-order chi connectivity index (χ0) is 14.9. The van der Waals surface area contributed by atoms with Crippen LogP contribution < -0.4 is 5.32 Å². The van der Waals surface area contributed by atoms with Crippen molar-refractivity contribution in [1.29, 1.82) is 0 Å². The molecule has 4 nitrogen and oxygen atoms in total. The van der Waals surface area contributed by atoms with Gasteiger partial charge in [-0.05, 0) is 60.6 Å². The maximum Gasteiger partial charge on any atom is 0.255 e. The number of carbonyl (C=O) groups excluding carboxylic acids is 1. The third-order valence-corrected chi connectivity index (χ3v) is 5.05. The van der Waals surface area contributed by atoms with Gasteiger partial charge < -0.3 is 10.3 Å². The van der Waals surface area contributed by atoms with Gasteiger partial charge in [0.05, 0.1) is 17.4 Å². The molecule has 1 amide bonds. The molecule has 2 heterocycles. The number of aryl methyl sites for hydroxylation is 1. The first-order valence-electron chi connectivity index (χ1n) is 7.30. The summed E-state index contributed by atoms with van der Waals surface area (Å²) in [4.78, 5) is 20.9. The number of rotatable bonds is 2. The summed E-state index contributed by atoms with van der Waals surface area (Å²) in [6.07, 6.45) is 3.92. The van der Waals surface area contributed by atoms with Crippen LogP contribution in [0.4, 0.5) is 5.69 Å². The molecule has 5 heteroatoms. The first-order valence-corrected chi connectivity index (χ1v) is 8.28. The quantitative estimate of drug-likeness (QED) is 0.756. The van der Waals surface area contributed by atoms with Crippen molar-refractivity contribution in [3.8, 4) is 0 Å². The molecule has 0 aliphatic carbocycles. The van der Waals surface area contributed by atoms with E-state index in [2.05, 4.69) is 27.4 Å². The van der Waals surface area contributed by atoms with Crippen LogP contribution in [0, 0.1) is 0 Å². The average Bonchev–Trinajstić information content (AvgIpc) is 3.02. The number of thioether (sulfide) groups is 1. The number of anilines is 1. The standard InChI is InChI=1S/C17H15N3OS/c21-17(12-3-5-14-15(9-12)19-10-18-14)20-13-4-6-16-11(8-13)2-1-7-22-16/h3-6,8-10H,1-2,7H2,(H,18,19)(H,20,21). The van der Waals surface area contributed by atoms with E-state index >= 15 is 0 Å². The molecule has 0 unspecified atom stereocenters. The number of imidazole rings is 1. The fraction of sp³-hybridized carbons (Fsp3) is 0.176. The van der Waals surface area contributed by atoms with E-state index in [0.29, 0.717) is 5.56 Å². The van der Waals surface area contributed by atoms with Gasteiger partial charge in [0.25, 0.3) is 5.91 Å². The first-order chi connectivity index (χ1) is 10.8. The van der Waals surface area contributed by atoms with Crippen molar-refractivity contribution >= 4 is 34.4 Å². The van der Waals surface area contributed by atoms with E-state index in [1.54, 1.807) is 12.4 Å². The molecule has 0 bridgehead atoms. The van der Waals surface area contributed by atoms with Gasteiger partial charge in [0.15, 0.2) is 0 Å². The number of nitrogens with zero attached hydrogens (tertiary/aromatic N) is 1. The summed E-state index contributed by atoms with van der Waals surface area (Å²) < 4.78 is 0. The monoisotopic (exact) mass is 309 g/mol. The van der Waals surface area contributed by atoms with Crippen LogP contribution >= 0.6 is 11.8 Å². The number of hydrogen-bond donors (Lipinski definition) is 2. The number of H-pyrrole nitrogens is 1. The molecule has 1 aliphatic rings. The van der Waals surface area contributed by atoms with Gasteiger partial charge in [0.2, 0.25) is 0 Å². The third kappa shape index (κ3) is 2.48. The first kappa shape index (κ1) is 13.4. The van der Waals surface area contributed by atoms with Gasteiger partial charge in [-0.3, -0.25) is 4.79 Å². The van der Waals surface area contributed by atoms with Crippen LogP contribution in [0.15, 0.2) is 47.6 Å². The Balaban J connectivity index is 1.58. The maximum atomic E-state index is 12.4. The van der Waals surface area contributed by atoms with Crippen LogP contribution in [0.5, 0.6) is 0 Å². The van der Waals surface area contributed by atoms with Gasteiger partial charge in [-0.1, -0.05) is 0 Å². The topological polar surface area (TPSA) is 57.8 Å². The van der Waals surface area contributed by atoms with Gasteiger partial charge in [-0.25, -0.2) is 4.98 Å². The van der Waals surface area contributed by atoms with Crippen molar-refractivity contribution in [3.05, 3.63) is 53.9 Å². The van der Waals surface area contributed by atoms with Crippen LogP contribution in [-0.4, -0.2) is 21.6 Å². The molecule has 22 heavy (non-hydrogen) atoms. The van der Waals surface area contributed by atoms with E-state index in [-0.39, 0.29) is 5.91 Å². The smallest absolute Gasteiger partial charge is 0.255 e. The van der Waals surface area contributed by atoms with Gasteiger partial charge in [-0.15, -0.1) is 11.8 Å². The Hall–Kier alpha value is -2.27. The molecule has 0 atom stereocenters. The number of benzene rings is 2. The highest BCUT2D eigenvalue weighted by Gasteiger charge is 2.12. The normalized spacial score (nSPS) is 13.8. The Morgan fingerprint density at radius 2 is 2.18 bits per heavy atom. The number of aromatic amines is 1. The number of hydrogen-bond acceptors (Lipinski definition) is 3. The lowest BCUT2D eigenvalue weighted by Crippen LogP contribution is -2.12. The zero-order valence-electron chi connectivity index (χ0n) is 11.9. The highest BCUT2D eigenvalue weighted by atomic mass is 32.2. The molecule has 0 radical (unpaired) electrons. The van der Waals surface area contributed by atoms with Crippen LogP contribution in [-0.2, 0) is 6.42 Å². The second-order valence-electron chi connectivity index (χ2n) is 5.36. The largest absolute Gasteiger partial charge is 0.345 e. The molecule has 3 aromatic rings. The number of fused-ring (bicyclic) bond motifs is 2. The Morgan fingerprint density at radius 3 is 3.14 bits per heavy atom. The van der Waals surface area contributed by atoms with Crippen molar-refractivity contribution in [1.82, 2.24) is 9.97 Å². The zero-order valence-corrected chi connectivity index (χ0v) is 12.7. The SMILES string of the molecule is O=C(Nc1ccc2c(c1)CCCS2)c1ccc2nc[nH]c2c1. The van der Waals surface area contributed by atoms with Gasteiger partial charge in [-0.2, -0.15) is 0 Å². The van der Waals surface area contributed by atoms with E-state index in [0.717, 1.165) is 23.1 Å². The summed E-state index contributed by atoms with van der Waals surface area (Å²) in [6.45, 7) is 0. The van der Waals surface area contributed by atoms with E-state index in [4.69, 9.17) is 0 Å². The molecule has 4 rings (SSSR count). The summed E-state index contributed by atoms with van der Waals surface area (Å²) in [6, 6.07) is 11.6. The van der Waals surface area contributed by atoms with Crippen molar-refractivity contribution in [2.24, 2.45) is 0 Å². The number of carbonyl (C=O) groups is 1. The molecule has 110 valence electrons. The van der Waals surface area contributed by atoms with Gasteiger partial charge in [0, 0.05) is 16.1 Å². The van der Waals surface area contributed by atoms with Crippen molar-refractivity contribution in [2.75, 3.05) is 11.1 Å². The number of amides is 1. The lowest BCUT2D eigenvalue weighted by Gasteiger charge is -2.16. The van der Waals surface area contributed by atoms with Crippen LogP contribution in [0.3, 0.4) is 0 Å². The summed E-state index contributed by atoms with van der Waals surface area (Å²) in [5.41, 5.74) is 4.55. The van der Waals surface area contributed by atoms with Gasteiger partial charge >= 0.3 is 0 Å². The summed E-state index contributed by atoms with van der Waals surface area (Å²) in [5, 5.41) is 2.98. The van der Waals surface area contributed by atoms with Crippen LogP contribution in [0.2, 0.25) is 0 Å². The highest BCUT2D eigenvalue weighted by molar-refractivity contribution is 7.99. The Kier molecular flexibility index (Phi) is 3.35. The minimum Gasteiger partial charge on any atom is -0.345 e. The van der Waals surface area contributed by atoms with Crippen molar-refractivity contribution < 1.29 is 4.79 Å². The van der Waals surface area contributed by atoms with Crippen LogP contribution in [0.1, 0.15) is 22.3 Å². The highest BCUT2D eigenvalue weighted by Crippen LogP contribution is 2.31. The minimum atomic E-state index is -0.0973. The van der Waals surface area contributed by atoms with Crippen LogP contribution in [0.25, 0.3) is 11.0 Å². The van der Waals surface area contributed by atoms with E-state index in [9.17, 15) is 4.79 Å². The molecular formula is C17H15N3OS. The Bertz CT molecular complexity index is 856. The number of aromatic nitrogens is 2. The predicted molar refractivity (Wildman–Crippen MR) is 89.5 cm³/mol. The molecule has 0 fully saturated rings. The summed E-state index contributed by atoms with van der Waals surface area (Å²) >= 11 is 1.89. The second-order valence-corrected chi connectivity index (χ2v) is 6.50. The van der Waals surface area contributed by atoms with E-state index < -0.39 is 0 Å². The van der Waals surface area contributed by atoms with Gasteiger partial charge in [0.1, 0.15) is 0 Å². The number of nitrogens with one attached hydrogen (secondary N) is 2.